The third-order valence-electron chi connectivity index (χ3n) is 2.36. The van der Waals surface area contributed by atoms with Crippen molar-refractivity contribution in [2.45, 2.75) is 12.8 Å². The fourth-order valence-electron chi connectivity index (χ4n) is 1.50. The summed E-state index contributed by atoms with van der Waals surface area (Å²) in [7, 11) is 1.62. The van der Waals surface area contributed by atoms with Gasteiger partial charge in [-0.3, -0.25) is 0 Å². The Morgan fingerprint density at radius 2 is 2.18 bits per heavy atom. The number of methoxy groups -OCH3 is 1. The summed E-state index contributed by atoms with van der Waals surface area (Å²) in [5.41, 5.74) is 6.22. The number of hydrogen-bond donors (Lipinski definition) is 1. The molecule has 0 unspecified atom stereocenters. The van der Waals surface area contributed by atoms with Gasteiger partial charge in [-0.1, -0.05) is 12.1 Å². The van der Waals surface area contributed by atoms with E-state index in [1.807, 2.05) is 24.3 Å². The molecular weight excluding hydrogens is 218 g/mol. The van der Waals surface area contributed by atoms with Gasteiger partial charge in [-0.2, -0.15) is 0 Å². The van der Waals surface area contributed by atoms with Crippen LogP contribution in [0.3, 0.4) is 0 Å². The molecule has 90 valence electrons. The molecule has 1 heterocycles. The fourth-order valence-corrected chi connectivity index (χ4v) is 1.50. The first-order valence-electron chi connectivity index (χ1n) is 5.47. The lowest BCUT2D eigenvalue weighted by Gasteiger charge is -2.04. The molecule has 0 aliphatic heterocycles. The highest BCUT2D eigenvalue weighted by molar-refractivity contribution is 5.44. The van der Waals surface area contributed by atoms with Crippen molar-refractivity contribution < 1.29 is 4.74 Å². The van der Waals surface area contributed by atoms with Crippen molar-refractivity contribution in [2.75, 3.05) is 13.7 Å². The molecule has 0 aliphatic rings. The van der Waals surface area contributed by atoms with E-state index in [0.717, 1.165) is 24.3 Å². The van der Waals surface area contributed by atoms with Crippen LogP contribution in [0.1, 0.15) is 12.2 Å². The molecule has 0 spiro atoms. The third-order valence-corrected chi connectivity index (χ3v) is 2.36. The summed E-state index contributed by atoms with van der Waals surface area (Å²) < 4.78 is 5.24. The van der Waals surface area contributed by atoms with E-state index in [0.29, 0.717) is 12.4 Å². The molecule has 0 bridgehead atoms. The van der Waals surface area contributed by atoms with Gasteiger partial charge in [0, 0.05) is 6.42 Å². The number of nitrogens with zero attached hydrogens (tertiary/aromatic N) is 4. The molecule has 0 amide bonds. The van der Waals surface area contributed by atoms with Crippen LogP contribution in [0.5, 0.6) is 5.75 Å². The Labute approximate surface area is 99.4 Å². The van der Waals surface area contributed by atoms with Crippen LogP contribution in [-0.4, -0.2) is 33.9 Å². The summed E-state index contributed by atoms with van der Waals surface area (Å²) in [5, 5.41) is 12.3. The predicted molar refractivity (Wildman–Crippen MR) is 63.1 cm³/mol. The van der Waals surface area contributed by atoms with Crippen molar-refractivity contribution in [1.82, 2.24) is 20.2 Å². The van der Waals surface area contributed by atoms with Crippen LogP contribution in [0.2, 0.25) is 0 Å². The van der Waals surface area contributed by atoms with Gasteiger partial charge >= 0.3 is 0 Å². The monoisotopic (exact) mass is 233 g/mol. The normalized spacial score (nSPS) is 10.5. The molecule has 6 nitrogen and oxygen atoms in total. The minimum absolute atomic E-state index is 0.628. The number of ether oxygens (including phenoxy) is 1. The summed E-state index contributed by atoms with van der Waals surface area (Å²) in [6.07, 6.45) is 1.60. The van der Waals surface area contributed by atoms with E-state index in [1.165, 1.54) is 4.80 Å². The van der Waals surface area contributed by atoms with Crippen molar-refractivity contribution in [2.24, 2.45) is 5.73 Å². The Morgan fingerprint density at radius 3 is 2.94 bits per heavy atom. The van der Waals surface area contributed by atoms with Crippen molar-refractivity contribution in [3.8, 4) is 11.4 Å². The van der Waals surface area contributed by atoms with E-state index in [1.54, 1.807) is 7.11 Å². The topological polar surface area (TPSA) is 78.8 Å². The SMILES string of the molecule is COc1ccccc1-n1nnc(CCCN)n1. The third kappa shape index (κ3) is 2.59. The summed E-state index contributed by atoms with van der Waals surface area (Å²) in [4.78, 5) is 1.48. The highest BCUT2D eigenvalue weighted by Crippen LogP contribution is 2.19. The van der Waals surface area contributed by atoms with E-state index in [-0.39, 0.29) is 0 Å². The summed E-state index contributed by atoms with van der Waals surface area (Å²) in [5.74, 6) is 1.41. The number of para-hydroxylation sites is 2. The Balaban J connectivity index is 2.24. The first-order valence-corrected chi connectivity index (χ1v) is 5.47. The quantitative estimate of drug-likeness (QED) is 0.816. The summed E-state index contributed by atoms with van der Waals surface area (Å²) in [6.45, 7) is 0.628. The van der Waals surface area contributed by atoms with Crippen LogP contribution in [0.15, 0.2) is 24.3 Å². The maximum absolute atomic E-state index is 5.44. The molecule has 2 N–H and O–H groups in total. The van der Waals surface area contributed by atoms with E-state index >= 15 is 0 Å². The number of aryl methyl sites for hydroxylation is 1. The lowest BCUT2D eigenvalue weighted by Crippen LogP contribution is -2.03. The van der Waals surface area contributed by atoms with Crippen molar-refractivity contribution in [3.63, 3.8) is 0 Å². The maximum atomic E-state index is 5.44. The van der Waals surface area contributed by atoms with Gasteiger partial charge in [0.15, 0.2) is 5.82 Å². The largest absolute Gasteiger partial charge is 0.494 e. The molecule has 2 aromatic rings. The Hall–Kier alpha value is -1.95. The minimum Gasteiger partial charge on any atom is -0.494 e. The van der Waals surface area contributed by atoms with Gasteiger partial charge in [0.2, 0.25) is 0 Å². The number of aromatic nitrogens is 4. The van der Waals surface area contributed by atoms with Crippen LogP contribution in [0.25, 0.3) is 5.69 Å². The van der Waals surface area contributed by atoms with E-state index in [4.69, 9.17) is 10.5 Å². The molecule has 0 saturated carbocycles. The lowest BCUT2D eigenvalue weighted by atomic mass is 10.3. The molecule has 0 atom stereocenters. The summed E-state index contributed by atoms with van der Waals surface area (Å²) in [6, 6.07) is 7.54. The Morgan fingerprint density at radius 1 is 1.35 bits per heavy atom. The molecule has 0 radical (unpaired) electrons. The van der Waals surface area contributed by atoms with Crippen LogP contribution >= 0.6 is 0 Å². The van der Waals surface area contributed by atoms with E-state index in [9.17, 15) is 0 Å². The highest BCUT2D eigenvalue weighted by Gasteiger charge is 2.08. The second kappa shape index (κ2) is 5.40. The summed E-state index contributed by atoms with van der Waals surface area (Å²) >= 11 is 0. The van der Waals surface area contributed by atoms with Crippen LogP contribution in [0, 0.1) is 0 Å². The van der Waals surface area contributed by atoms with Crippen molar-refractivity contribution >= 4 is 0 Å². The van der Waals surface area contributed by atoms with Gasteiger partial charge in [0.05, 0.1) is 7.11 Å². The molecule has 0 saturated heterocycles. The Bertz CT molecular complexity index is 482. The first-order chi connectivity index (χ1) is 8.35. The molecule has 0 aliphatic carbocycles. The predicted octanol–water partition coefficient (Wildman–Crippen LogP) is 0.562. The highest BCUT2D eigenvalue weighted by atomic mass is 16.5. The van der Waals surface area contributed by atoms with Gasteiger partial charge in [0.25, 0.3) is 0 Å². The lowest BCUT2D eigenvalue weighted by molar-refractivity contribution is 0.409. The molecular formula is C11H15N5O. The van der Waals surface area contributed by atoms with Gasteiger partial charge in [0.1, 0.15) is 11.4 Å². The van der Waals surface area contributed by atoms with Gasteiger partial charge < -0.3 is 10.5 Å². The fraction of sp³-hybridized carbons (Fsp3) is 0.364. The van der Waals surface area contributed by atoms with Gasteiger partial charge in [-0.05, 0) is 30.3 Å². The number of nitrogens with two attached hydrogens (primary N) is 1. The second-order valence-electron chi connectivity index (χ2n) is 3.56. The van der Waals surface area contributed by atoms with Crippen molar-refractivity contribution in [1.29, 1.82) is 0 Å². The number of tetrazole rings is 1. The van der Waals surface area contributed by atoms with E-state index < -0.39 is 0 Å². The number of hydrogen-bond acceptors (Lipinski definition) is 5. The van der Waals surface area contributed by atoms with Crippen LogP contribution in [0.4, 0.5) is 0 Å². The molecule has 1 aromatic carbocycles. The molecule has 1 aromatic heterocycles. The van der Waals surface area contributed by atoms with Gasteiger partial charge in [-0.25, -0.2) is 0 Å². The average molecular weight is 233 g/mol. The molecule has 2 rings (SSSR count). The zero-order chi connectivity index (χ0) is 12.1. The molecule has 0 fully saturated rings. The van der Waals surface area contributed by atoms with Gasteiger partial charge in [-0.15, -0.1) is 15.0 Å². The average Bonchev–Trinajstić information content (AvgIpc) is 2.85. The van der Waals surface area contributed by atoms with E-state index in [2.05, 4.69) is 15.4 Å². The molecule has 17 heavy (non-hydrogen) atoms. The minimum atomic E-state index is 0.628. The Kier molecular flexibility index (Phi) is 3.66. The molecule has 6 heteroatoms. The zero-order valence-electron chi connectivity index (χ0n) is 9.71. The second-order valence-corrected chi connectivity index (χ2v) is 3.56. The van der Waals surface area contributed by atoms with Crippen LogP contribution in [-0.2, 0) is 6.42 Å². The standard InChI is InChI=1S/C11H15N5O/c1-17-10-6-3-2-5-9(10)16-14-11(13-15-16)7-4-8-12/h2-3,5-6H,4,7-8,12H2,1H3. The van der Waals surface area contributed by atoms with Crippen LogP contribution < -0.4 is 10.5 Å². The number of rotatable bonds is 5. The smallest absolute Gasteiger partial charge is 0.175 e. The van der Waals surface area contributed by atoms with Crippen molar-refractivity contribution in [3.05, 3.63) is 30.1 Å². The number of benzene rings is 1. The first kappa shape index (κ1) is 11.5. The maximum Gasteiger partial charge on any atom is 0.175 e. The zero-order valence-corrected chi connectivity index (χ0v) is 9.71.